The van der Waals surface area contributed by atoms with Crippen LogP contribution in [0.4, 0.5) is 0 Å². The molecule has 3 rings (SSSR count). The van der Waals surface area contributed by atoms with E-state index in [1.165, 1.54) is 24.8 Å². The zero-order valence-corrected chi connectivity index (χ0v) is 12.7. The minimum atomic E-state index is 0.220. The average Bonchev–Trinajstić information content (AvgIpc) is 2.49. The molecule has 1 fully saturated rings. The number of benzene rings is 1. The monoisotopic (exact) mass is 321 g/mol. The van der Waals surface area contributed by atoms with E-state index in [1.807, 2.05) is 0 Å². The van der Waals surface area contributed by atoms with E-state index in [2.05, 4.69) is 57.2 Å². The molecule has 0 bridgehead atoms. The quantitative estimate of drug-likeness (QED) is 0.765. The molecule has 0 spiro atoms. The van der Waals surface area contributed by atoms with Gasteiger partial charge in [0, 0.05) is 23.6 Å². The molecule has 1 aliphatic heterocycles. The summed E-state index contributed by atoms with van der Waals surface area (Å²) >= 11 is 3.48. The Morgan fingerprint density at radius 1 is 1.21 bits per heavy atom. The van der Waals surface area contributed by atoms with Crippen molar-refractivity contribution in [3.05, 3.63) is 46.5 Å². The van der Waals surface area contributed by atoms with E-state index in [4.69, 9.17) is 4.74 Å². The molecular weight excluding hydrogens is 302 g/mol. The smallest absolute Gasteiger partial charge is 0.0952 e. The van der Waals surface area contributed by atoms with Crippen LogP contribution in [-0.2, 0) is 4.74 Å². The molecule has 2 nitrogen and oxygen atoms in total. The van der Waals surface area contributed by atoms with Gasteiger partial charge in [-0.25, -0.2) is 0 Å². The van der Waals surface area contributed by atoms with Gasteiger partial charge in [0.05, 0.1) is 12.7 Å². The average molecular weight is 322 g/mol. The molecule has 0 amide bonds. The standard InChI is InChI=1S/C16H20BrNO/c17-14-8-6-13(7-9-14)16-12-18(10-11-19-16)15-4-2-1-3-5-15/h2,4,6-9,15-16H,1,3,5,10-12H2. The van der Waals surface area contributed by atoms with Crippen LogP contribution in [0.1, 0.15) is 30.9 Å². The highest BCUT2D eigenvalue weighted by Gasteiger charge is 2.26. The molecule has 102 valence electrons. The lowest BCUT2D eigenvalue weighted by Crippen LogP contribution is -2.44. The molecule has 2 atom stereocenters. The van der Waals surface area contributed by atoms with Crippen LogP contribution in [0, 0.1) is 0 Å². The number of morpholine rings is 1. The van der Waals surface area contributed by atoms with Gasteiger partial charge in [-0.1, -0.05) is 40.2 Å². The maximum Gasteiger partial charge on any atom is 0.0952 e. The van der Waals surface area contributed by atoms with Crippen molar-refractivity contribution in [2.24, 2.45) is 0 Å². The Morgan fingerprint density at radius 2 is 2.05 bits per heavy atom. The summed E-state index contributed by atoms with van der Waals surface area (Å²) in [4.78, 5) is 2.58. The Balaban J connectivity index is 1.69. The molecule has 1 aromatic carbocycles. The zero-order chi connectivity index (χ0) is 13.1. The Bertz CT molecular complexity index is 443. The Labute approximate surface area is 123 Å². The second kappa shape index (κ2) is 6.21. The summed E-state index contributed by atoms with van der Waals surface area (Å²) in [5.41, 5.74) is 1.28. The molecule has 0 aromatic heterocycles. The number of ether oxygens (including phenoxy) is 1. The van der Waals surface area contributed by atoms with Crippen LogP contribution in [0.15, 0.2) is 40.9 Å². The summed E-state index contributed by atoms with van der Waals surface area (Å²) in [5, 5.41) is 0. The summed E-state index contributed by atoms with van der Waals surface area (Å²) in [6.45, 7) is 2.91. The molecular formula is C16H20BrNO. The van der Waals surface area contributed by atoms with Gasteiger partial charge in [-0.2, -0.15) is 0 Å². The SMILES string of the molecule is Brc1ccc(C2CN(C3C=CCCC3)CCO2)cc1. The lowest BCUT2D eigenvalue weighted by atomic mass is 9.99. The number of halogens is 1. The van der Waals surface area contributed by atoms with Crippen LogP contribution in [0.25, 0.3) is 0 Å². The number of nitrogens with zero attached hydrogens (tertiary/aromatic N) is 1. The molecule has 19 heavy (non-hydrogen) atoms. The first-order valence-electron chi connectivity index (χ1n) is 7.11. The van der Waals surface area contributed by atoms with E-state index in [9.17, 15) is 0 Å². The van der Waals surface area contributed by atoms with E-state index < -0.39 is 0 Å². The van der Waals surface area contributed by atoms with E-state index in [0.29, 0.717) is 6.04 Å². The van der Waals surface area contributed by atoms with Gasteiger partial charge in [0.15, 0.2) is 0 Å². The van der Waals surface area contributed by atoms with Gasteiger partial charge >= 0.3 is 0 Å². The summed E-state index contributed by atoms with van der Waals surface area (Å²) in [6, 6.07) is 9.14. The first kappa shape index (κ1) is 13.3. The normalized spacial score (nSPS) is 28.5. The van der Waals surface area contributed by atoms with Gasteiger partial charge in [-0.15, -0.1) is 0 Å². The van der Waals surface area contributed by atoms with Crippen molar-refractivity contribution < 1.29 is 4.74 Å². The second-order valence-electron chi connectivity index (χ2n) is 5.33. The Morgan fingerprint density at radius 3 is 2.79 bits per heavy atom. The minimum absolute atomic E-state index is 0.220. The molecule has 1 saturated heterocycles. The Kier molecular flexibility index (Phi) is 4.36. The minimum Gasteiger partial charge on any atom is -0.371 e. The largest absolute Gasteiger partial charge is 0.371 e. The van der Waals surface area contributed by atoms with Gasteiger partial charge in [-0.3, -0.25) is 4.90 Å². The first-order valence-corrected chi connectivity index (χ1v) is 7.90. The van der Waals surface area contributed by atoms with Gasteiger partial charge in [0.25, 0.3) is 0 Å². The zero-order valence-electron chi connectivity index (χ0n) is 11.1. The summed E-state index contributed by atoms with van der Waals surface area (Å²) in [5.74, 6) is 0. The predicted octanol–water partition coefficient (Wildman–Crippen LogP) is 3.93. The van der Waals surface area contributed by atoms with Crippen LogP contribution >= 0.6 is 15.9 Å². The Hall–Kier alpha value is -0.640. The lowest BCUT2D eigenvalue weighted by Gasteiger charge is -2.38. The van der Waals surface area contributed by atoms with Gasteiger partial charge in [0.2, 0.25) is 0 Å². The lowest BCUT2D eigenvalue weighted by molar-refractivity contribution is -0.0403. The van der Waals surface area contributed by atoms with Crippen LogP contribution < -0.4 is 0 Å². The highest BCUT2D eigenvalue weighted by molar-refractivity contribution is 9.10. The molecule has 3 heteroatoms. The number of rotatable bonds is 2. The molecule has 0 N–H and O–H groups in total. The van der Waals surface area contributed by atoms with E-state index in [0.717, 1.165) is 24.2 Å². The first-order chi connectivity index (χ1) is 9.33. The van der Waals surface area contributed by atoms with Crippen molar-refractivity contribution in [2.45, 2.75) is 31.4 Å². The number of allylic oxidation sites excluding steroid dienone is 1. The summed E-state index contributed by atoms with van der Waals surface area (Å²) in [7, 11) is 0. The van der Waals surface area contributed by atoms with Crippen molar-refractivity contribution in [2.75, 3.05) is 19.7 Å². The van der Waals surface area contributed by atoms with Crippen LogP contribution in [0.5, 0.6) is 0 Å². The second-order valence-corrected chi connectivity index (χ2v) is 6.25. The van der Waals surface area contributed by atoms with E-state index in [1.54, 1.807) is 0 Å². The van der Waals surface area contributed by atoms with Crippen molar-refractivity contribution >= 4 is 15.9 Å². The molecule has 1 heterocycles. The van der Waals surface area contributed by atoms with Crippen LogP contribution in [-0.4, -0.2) is 30.6 Å². The molecule has 2 aliphatic rings. The fourth-order valence-electron chi connectivity index (χ4n) is 2.95. The topological polar surface area (TPSA) is 12.5 Å². The number of hydrogen-bond acceptors (Lipinski definition) is 2. The van der Waals surface area contributed by atoms with Gasteiger partial charge < -0.3 is 4.74 Å². The molecule has 2 unspecified atom stereocenters. The highest BCUT2D eigenvalue weighted by atomic mass is 79.9. The summed E-state index contributed by atoms with van der Waals surface area (Å²) in [6.07, 6.45) is 8.80. The van der Waals surface area contributed by atoms with E-state index in [-0.39, 0.29) is 6.10 Å². The van der Waals surface area contributed by atoms with Crippen molar-refractivity contribution in [1.29, 1.82) is 0 Å². The van der Waals surface area contributed by atoms with Gasteiger partial charge in [0.1, 0.15) is 0 Å². The maximum atomic E-state index is 5.94. The van der Waals surface area contributed by atoms with Crippen molar-refractivity contribution in [3.8, 4) is 0 Å². The highest BCUT2D eigenvalue weighted by Crippen LogP contribution is 2.27. The molecule has 1 aromatic rings. The molecule has 1 aliphatic carbocycles. The van der Waals surface area contributed by atoms with Crippen molar-refractivity contribution in [1.82, 2.24) is 4.90 Å². The van der Waals surface area contributed by atoms with E-state index >= 15 is 0 Å². The summed E-state index contributed by atoms with van der Waals surface area (Å²) < 4.78 is 7.07. The van der Waals surface area contributed by atoms with Gasteiger partial charge in [-0.05, 0) is 37.0 Å². The molecule has 0 radical (unpaired) electrons. The predicted molar refractivity (Wildman–Crippen MR) is 81.2 cm³/mol. The van der Waals surface area contributed by atoms with Crippen LogP contribution in [0.2, 0.25) is 0 Å². The van der Waals surface area contributed by atoms with Crippen molar-refractivity contribution in [3.63, 3.8) is 0 Å². The van der Waals surface area contributed by atoms with Crippen LogP contribution in [0.3, 0.4) is 0 Å². The fourth-order valence-corrected chi connectivity index (χ4v) is 3.21. The fraction of sp³-hybridized carbons (Fsp3) is 0.500. The maximum absolute atomic E-state index is 5.94. The third-order valence-corrected chi connectivity index (χ3v) is 4.57. The third-order valence-electron chi connectivity index (χ3n) is 4.04. The molecule has 0 saturated carbocycles. The number of hydrogen-bond donors (Lipinski definition) is 0. The third kappa shape index (κ3) is 3.28.